The molecule has 1 fully saturated rings. The molecule has 6 heteroatoms. The molecule has 0 atom stereocenters. The molecule has 21 heavy (non-hydrogen) atoms. The zero-order valence-corrected chi connectivity index (χ0v) is 13.0. The maximum atomic E-state index is 13.5. The van der Waals surface area contributed by atoms with Gasteiger partial charge in [-0.05, 0) is 25.2 Å². The van der Waals surface area contributed by atoms with Crippen LogP contribution < -0.4 is 9.64 Å². The van der Waals surface area contributed by atoms with Crippen molar-refractivity contribution < 1.29 is 9.13 Å². The molecule has 0 aliphatic carbocycles. The Morgan fingerprint density at radius 2 is 2.00 bits per heavy atom. The number of nitrogens with zero attached hydrogens (tertiary/aromatic N) is 3. The monoisotopic (exact) mass is 307 g/mol. The molecule has 0 bridgehead atoms. The van der Waals surface area contributed by atoms with E-state index in [2.05, 4.69) is 21.8 Å². The first-order chi connectivity index (χ1) is 10.2. The standard InChI is InChI=1S/C15H18FN3OS/c1-18-5-7-19(8-6-18)15-17-13(10-21-15)12-9-11(16)3-4-14(12)20-2/h3-4,9-10H,5-8H2,1-2H3. The van der Waals surface area contributed by atoms with E-state index in [0.717, 1.165) is 37.0 Å². The van der Waals surface area contributed by atoms with E-state index in [1.54, 1.807) is 24.5 Å². The van der Waals surface area contributed by atoms with Crippen molar-refractivity contribution in [3.63, 3.8) is 0 Å². The molecule has 0 radical (unpaired) electrons. The summed E-state index contributed by atoms with van der Waals surface area (Å²) in [5.74, 6) is 0.367. The van der Waals surface area contributed by atoms with Gasteiger partial charge in [0.25, 0.3) is 0 Å². The van der Waals surface area contributed by atoms with Crippen LogP contribution >= 0.6 is 11.3 Å². The SMILES string of the molecule is COc1ccc(F)cc1-c1csc(N2CCN(C)CC2)n1. The molecule has 2 aromatic rings. The van der Waals surface area contributed by atoms with Crippen molar-refractivity contribution in [1.82, 2.24) is 9.88 Å². The minimum Gasteiger partial charge on any atom is -0.496 e. The van der Waals surface area contributed by atoms with E-state index < -0.39 is 0 Å². The molecule has 0 amide bonds. The molecule has 1 aromatic carbocycles. The number of hydrogen-bond donors (Lipinski definition) is 0. The first-order valence-corrected chi connectivity index (χ1v) is 7.78. The average molecular weight is 307 g/mol. The number of piperazine rings is 1. The third kappa shape index (κ3) is 3.01. The second-order valence-corrected chi connectivity index (χ2v) is 5.99. The lowest BCUT2D eigenvalue weighted by Gasteiger charge is -2.32. The summed E-state index contributed by atoms with van der Waals surface area (Å²) in [7, 11) is 3.71. The highest BCUT2D eigenvalue weighted by molar-refractivity contribution is 7.14. The molecule has 1 saturated heterocycles. The second kappa shape index (κ2) is 5.99. The molecule has 112 valence electrons. The Labute approximate surface area is 127 Å². The van der Waals surface area contributed by atoms with E-state index in [0.29, 0.717) is 11.3 Å². The summed E-state index contributed by atoms with van der Waals surface area (Å²) in [6.45, 7) is 4.03. The number of anilines is 1. The van der Waals surface area contributed by atoms with Gasteiger partial charge in [0.1, 0.15) is 11.6 Å². The fourth-order valence-corrected chi connectivity index (χ4v) is 3.29. The highest BCUT2D eigenvalue weighted by Gasteiger charge is 2.18. The molecule has 2 heterocycles. The average Bonchev–Trinajstić information content (AvgIpc) is 2.97. The van der Waals surface area contributed by atoms with Crippen LogP contribution in [0.5, 0.6) is 5.75 Å². The first kappa shape index (κ1) is 14.3. The van der Waals surface area contributed by atoms with Crippen molar-refractivity contribution in [3.05, 3.63) is 29.4 Å². The summed E-state index contributed by atoms with van der Waals surface area (Å²) in [5, 5.41) is 2.95. The van der Waals surface area contributed by atoms with Crippen LogP contribution in [0.4, 0.5) is 9.52 Å². The van der Waals surface area contributed by atoms with Crippen LogP contribution in [0.3, 0.4) is 0 Å². The fourth-order valence-electron chi connectivity index (χ4n) is 2.41. The first-order valence-electron chi connectivity index (χ1n) is 6.90. The number of hydrogen-bond acceptors (Lipinski definition) is 5. The Kier molecular flexibility index (Phi) is 4.07. The van der Waals surface area contributed by atoms with Crippen molar-refractivity contribution in [3.8, 4) is 17.0 Å². The van der Waals surface area contributed by atoms with Gasteiger partial charge in [0.2, 0.25) is 0 Å². The predicted octanol–water partition coefficient (Wildman–Crippen LogP) is 2.71. The molecule has 1 aliphatic rings. The number of methoxy groups -OCH3 is 1. The van der Waals surface area contributed by atoms with E-state index in [4.69, 9.17) is 4.74 Å². The van der Waals surface area contributed by atoms with Gasteiger partial charge < -0.3 is 14.5 Å². The van der Waals surface area contributed by atoms with Gasteiger partial charge >= 0.3 is 0 Å². The van der Waals surface area contributed by atoms with Crippen molar-refractivity contribution in [1.29, 1.82) is 0 Å². The number of rotatable bonds is 3. The Morgan fingerprint density at radius 3 is 2.71 bits per heavy atom. The van der Waals surface area contributed by atoms with E-state index >= 15 is 0 Å². The van der Waals surface area contributed by atoms with Gasteiger partial charge in [-0.15, -0.1) is 11.3 Å². The Hall–Kier alpha value is -1.66. The largest absolute Gasteiger partial charge is 0.496 e. The van der Waals surface area contributed by atoms with Crippen LogP contribution in [0, 0.1) is 5.82 Å². The summed E-state index contributed by atoms with van der Waals surface area (Å²) < 4.78 is 18.8. The number of thiazole rings is 1. The number of likely N-dealkylation sites (N-methyl/N-ethyl adjacent to an activating group) is 1. The number of benzene rings is 1. The summed E-state index contributed by atoms with van der Waals surface area (Å²) in [6.07, 6.45) is 0. The van der Waals surface area contributed by atoms with Crippen molar-refractivity contribution in [2.75, 3.05) is 45.2 Å². The third-order valence-corrected chi connectivity index (χ3v) is 4.60. The molecule has 3 rings (SSSR count). The Balaban J connectivity index is 1.86. The highest BCUT2D eigenvalue weighted by Crippen LogP contribution is 2.34. The zero-order chi connectivity index (χ0) is 14.8. The number of halogens is 1. The van der Waals surface area contributed by atoms with E-state index in [9.17, 15) is 4.39 Å². The molecular weight excluding hydrogens is 289 g/mol. The molecule has 0 N–H and O–H groups in total. The van der Waals surface area contributed by atoms with E-state index in [-0.39, 0.29) is 5.82 Å². The lowest BCUT2D eigenvalue weighted by molar-refractivity contribution is 0.313. The van der Waals surface area contributed by atoms with Crippen LogP contribution in [0.1, 0.15) is 0 Å². The molecule has 0 unspecified atom stereocenters. The van der Waals surface area contributed by atoms with Crippen LogP contribution in [-0.4, -0.2) is 50.2 Å². The zero-order valence-electron chi connectivity index (χ0n) is 12.2. The molecular formula is C15H18FN3OS. The third-order valence-electron chi connectivity index (χ3n) is 3.70. The lowest BCUT2D eigenvalue weighted by atomic mass is 10.1. The van der Waals surface area contributed by atoms with Gasteiger partial charge in [-0.1, -0.05) is 0 Å². The summed E-state index contributed by atoms with van der Waals surface area (Å²) in [5.41, 5.74) is 1.47. The topological polar surface area (TPSA) is 28.6 Å². The van der Waals surface area contributed by atoms with Crippen molar-refractivity contribution in [2.24, 2.45) is 0 Å². The predicted molar refractivity (Wildman–Crippen MR) is 83.8 cm³/mol. The van der Waals surface area contributed by atoms with Crippen molar-refractivity contribution >= 4 is 16.5 Å². The van der Waals surface area contributed by atoms with Gasteiger partial charge in [0, 0.05) is 37.1 Å². The van der Waals surface area contributed by atoms with Crippen LogP contribution in [0.15, 0.2) is 23.6 Å². The van der Waals surface area contributed by atoms with Crippen LogP contribution in [-0.2, 0) is 0 Å². The second-order valence-electron chi connectivity index (χ2n) is 5.15. The minimum absolute atomic E-state index is 0.278. The number of aromatic nitrogens is 1. The van der Waals surface area contributed by atoms with Gasteiger partial charge in [-0.2, -0.15) is 0 Å². The lowest BCUT2D eigenvalue weighted by Crippen LogP contribution is -2.44. The van der Waals surface area contributed by atoms with Crippen LogP contribution in [0.2, 0.25) is 0 Å². The minimum atomic E-state index is -0.278. The quantitative estimate of drug-likeness (QED) is 0.872. The Morgan fingerprint density at radius 1 is 1.24 bits per heavy atom. The van der Waals surface area contributed by atoms with Gasteiger partial charge in [0.05, 0.1) is 12.8 Å². The van der Waals surface area contributed by atoms with E-state index in [1.807, 2.05) is 5.38 Å². The summed E-state index contributed by atoms with van der Waals surface area (Å²) in [4.78, 5) is 9.24. The molecule has 4 nitrogen and oxygen atoms in total. The van der Waals surface area contributed by atoms with Crippen LogP contribution in [0.25, 0.3) is 11.3 Å². The Bertz CT molecular complexity index is 623. The highest BCUT2D eigenvalue weighted by atomic mass is 32.1. The molecule has 0 saturated carbocycles. The van der Waals surface area contributed by atoms with Gasteiger partial charge in [-0.3, -0.25) is 0 Å². The molecule has 1 aliphatic heterocycles. The van der Waals surface area contributed by atoms with E-state index in [1.165, 1.54) is 12.1 Å². The van der Waals surface area contributed by atoms with Gasteiger partial charge in [-0.25, -0.2) is 9.37 Å². The molecule has 1 aromatic heterocycles. The normalized spacial score (nSPS) is 16.2. The molecule has 0 spiro atoms. The maximum absolute atomic E-state index is 13.5. The summed E-state index contributed by atoms with van der Waals surface area (Å²) >= 11 is 1.60. The number of ether oxygens (including phenoxy) is 1. The summed E-state index contributed by atoms with van der Waals surface area (Å²) in [6, 6.07) is 4.51. The maximum Gasteiger partial charge on any atom is 0.185 e. The smallest absolute Gasteiger partial charge is 0.185 e. The van der Waals surface area contributed by atoms with Gasteiger partial charge in [0.15, 0.2) is 5.13 Å². The van der Waals surface area contributed by atoms with Crippen molar-refractivity contribution in [2.45, 2.75) is 0 Å². The fraction of sp³-hybridized carbons (Fsp3) is 0.400.